The Balaban J connectivity index is 1.63. The molecule has 0 aliphatic carbocycles. The van der Waals surface area contributed by atoms with Crippen molar-refractivity contribution in [2.45, 2.75) is 38.2 Å². The third kappa shape index (κ3) is 7.76. The number of carbonyl (C=O) groups is 2. The standard InChI is InChI=1S/C24H28ClF2N3O6S/c1-15-11-30(16(2)10-29(15)12-17-4-6-20(26)21(27)8-17)23(31)13-36-22-7-5-19(25)9-18(22)14-37(33,34)28-24(32)35-3/h4-9,15-16H,10-14H2,1-3H3,(H,28,32)/t15-,16+/m0/s1. The Morgan fingerprint density at radius 1 is 1.08 bits per heavy atom. The van der Waals surface area contributed by atoms with E-state index in [-0.39, 0.29) is 40.9 Å². The molecule has 37 heavy (non-hydrogen) atoms. The molecule has 3 rings (SSSR count). The van der Waals surface area contributed by atoms with Crippen molar-refractivity contribution in [3.8, 4) is 5.75 Å². The summed E-state index contributed by atoms with van der Waals surface area (Å²) in [5.41, 5.74) is 0.794. The summed E-state index contributed by atoms with van der Waals surface area (Å²) in [4.78, 5) is 28.1. The molecule has 2 aromatic carbocycles. The Morgan fingerprint density at radius 2 is 1.81 bits per heavy atom. The van der Waals surface area contributed by atoms with Crippen LogP contribution < -0.4 is 9.46 Å². The van der Waals surface area contributed by atoms with E-state index in [2.05, 4.69) is 9.64 Å². The molecule has 13 heteroatoms. The monoisotopic (exact) mass is 559 g/mol. The first-order chi connectivity index (χ1) is 17.4. The number of nitrogens with zero attached hydrogens (tertiary/aromatic N) is 2. The maximum absolute atomic E-state index is 13.6. The second kappa shape index (κ2) is 12.1. The SMILES string of the molecule is COC(=O)NS(=O)(=O)Cc1cc(Cl)ccc1OCC(=O)N1C[C@H](C)N(Cc2ccc(F)c(F)c2)C[C@H]1C. The number of carbonyl (C=O) groups excluding carboxylic acids is 2. The molecule has 0 spiro atoms. The van der Waals surface area contributed by atoms with E-state index < -0.39 is 33.5 Å². The molecule has 0 bridgehead atoms. The highest BCUT2D eigenvalue weighted by Crippen LogP contribution is 2.26. The summed E-state index contributed by atoms with van der Waals surface area (Å²) in [6.07, 6.45) is -1.13. The summed E-state index contributed by atoms with van der Waals surface area (Å²) >= 11 is 6.00. The largest absolute Gasteiger partial charge is 0.483 e. The zero-order valence-electron chi connectivity index (χ0n) is 20.5. The number of ether oxygens (including phenoxy) is 2. The summed E-state index contributed by atoms with van der Waals surface area (Å²) in [5.74, 6) is -2.60. The molecule has 0 radical (unpaired) electrons. The Bertz CT molecular complexity index is 1260. The minimum atomic E-state index is -4.11. The summed E-state index contributed by atoms with van der Waals surface area (Å²) < 4.78 is 63.1. The van der Waals surface area contributed by atoms with Gasteiger partial charge in [-0.1, -0.05) is 17.7 Å². The summed E-state index contributed by atoms with van der Waals surface area (Å²) in [6.45, 7) is 4.76. The lowest BCUT2D eigenvalue weighted by molar-refractivity contribution is -0.139. The van der Waals surface area contributed by atoms with Gasteiger partial charge in [0.1, 0.15) is 5.75 Å². The Morgan fingerprint density at radius 3 is 2.49 bits per heavy atom. The normalized spacial score (nSPS) is 18.4. The number of rotatable bonds is 8. The van der Waals surface area contributed by atoms with Gasteiger partial charge in [-0.2, -0.15) is 0 Å². The van der Waals surface area contributed by atoms with Gasteiger partial charge in [0.25, 0.3) is 5.91 Å². The molecular weight excluding hydrogens is 532 g/mol. The van der Waals surface area contributed by atoms with Crippen LogP contribution >= 0.6 is 11.6 Å². The Kier molecular flexibility index (Phi) is 9.32. The smallest absolute Gasteiger partial charge is 0.420 e. The van der Waals surface area contributed by atoms with Crippen molar-refractivity contribution in [3.63, 3.8) is 0 Å². The number of halogens is 3. The van der Waals surface area contributed by atoms with Crippen LogP contribution in [0, 0.1) is 11.6 Å². The van der Waals surface area contributed by atoms with Gasteiger partial charge in [-0.3, -0.25) is 9.69 Å². The van der Waals surface area contributed by atoms with Crippen molar-refractivity contribution < 1.29 is 36.3 Å². The molecular formula is C24H28ClF2N3O6S. The van der Waals surface area contributed by atoms with E-state index in [1.165, 1.54) is 30.3 Å². The average Bonchev–Trinajstić information content (AvgIpc) is 2.82. The zero-order valence-corrected chi connectivity index (χ0v) is 22.1. The van der Waals surface area contributed by atoms with Gasteiger partial charge in [0.2, 0.25) is 10.0 Å². The molecule has 2 atom stereocenters. The number of sulfonamides is 1. The van der Waals surface area contributed by atoms with Gasteiger partial charge < -0.3 is 14.4 Å². The van der Waals surface area contributed by atoms with Crippen LogP contribution in [0.3, 0.4) is 0 Å². The van der Waals surface area contributed by atoms with Crippen LogP contribution in [0.4, 0.5) is 13.6 Å². The number of amides is 2. The lowest BCUT2D eigenvalue weighted by Crippen LogP contribution is -2.58. The summed E-state index contributed by atoms with van der Waals surface area (Å²) in [6, 6.07) is 7.86. The predicted molar refractivity (Wildman–Crippen MR) is 133 cm³/mol. The van der Waals surface area contributed by atoms with E-state index in [0.29, 0.717) is 25.2 Å². The molecule has 1 aliphatic rings. The molecule has 0 aromatic heterocycles. The second-order valence-corrected chi connectivity index (χ2v) is 11.0. The molecule has 0 saturated carbocycles. The van der Waals surface area contributed by atoms with Crippen LogP contribution in [-0.2, 0) is 31.9 Å². The van der Waals surface area contributed by atoms with Gasteiger partial charge in [-0.05, 0) is 49.7 Å². The number of methoxy groups -OCH3 is 1. The maximum Gasteiger partial charge on any atom is 0.420 e. The van der Waals surface area contributed by atoms with E-state index in [1.54, 1.807) is 9.62 Å². The Hall–Kier alpha value is -2.96. The summed E-state index contributed by atoms with van der Waals surface area (Å²) in [5, 5.41) is 0.251. The van der Waals surface area contributed by atoms with Crippen molar-refractivity contribution in [2.75, 3.05) is 26.8 Å². The number of piperazine rings is 1. The van der Waals surface area contributed by atoms with Gasteiger partial charge in [-0.25, -0.2) is 26.7 Å². The van der Waals surface area contributed by atoms with Crippen LogP contribution in [-0.4, -0.2) is 69.1 Å². The van der Waals surface area contributed by atoms with Crippen molar-refractivity contribution in [2.24, 2.45) is 0 Å². The lowest BCUT2D eigenvalue weighted by atomic mass is 10.1. The van der Waals surface area contributed by atoms with Crippen molar-refractivity contribution in [1.29, 1.82) is 0 Å². The highest BCUT2D eigenvalue weighted by Gasteiger charge is 2.32. The number of hydrogen-bond acceptors (Lipinski definition) is 7. The number of nitrogens with one attached hydrogen (secondary N) is 1. The molecule has 1 heterocycles. The number of hydrogen-bond donors (Lipinski definition) is 1. The van der Waals surface area contributed by atoms with Crippen molar-refractivity contribution >= 4 is 33.6 Å². The van der Waals surface area contributed by atoms with Gasteiger partial charge in [0.05, 0.1) is 12.9 Å². The molecule has 2 aromatic rings. The van der Waals surface area contributed by atoms with Crippen LogP contribution in [0.25, 0.3) is 0 Å². The van der Waals surface area contributed by atoms with E-state index in [9.17, 15) is 26.8 Å². The fourth-order valence-electron chi connectivity index (χ4n) is 4.07. The minimum Gasteiger partial charge on any atom is -0.483 e. The first kappa shape index (κ1) is 28.6. The zero-order chi connectivity index (χ0) is 27.3. The molecule has 9 nitrogen and oxygen atoms in total. The minimum absolute atomic E-state index is 0.0612. The van der Waals surface area contributed by atoms with Crippen LogP contribution in [0.1, 0.15) is 25.0 Å². The molecule has 2 amide bonds. The van der Waals surface area contributed by atoms with E-state index >= 15 is 0 Å². The third-order valence-electron chi connectivity index (χ3n) is 5.95. The molecule has 1 aliphatic heterocycles. The topological polar surface area (TPSA) is 105 Å². The van der Waals surface area contributed by atoms with Gasteiger partial charge in [0, 0.05) is 42.3 Å². The lowest BCUT2D eigenvalue weighted by Gasteiger charge is -2.44. The van der Waals surface area contributed by atoms with Crippen LogP contribution in [0.5, 0.6) is 5.75 Å². The van der Waals surface area contributed by atoms with E-state index in [0.717, 1.165) is 13.2 Å². The quantitative estimate of drug-likeness (QED) is 0.529. The third-order valence-corrected chi connectivity index (χ3v) is 7.35. The first-order valence-electron chi connectivity index (χ1n) is 11.4. The van der Waals surface area contributed by atoms with E-state index in [4.69, 9.17) is 16.3 Å². The molecule has 1 saturated heterocycles. The second-order valence-electron chi connectivity index (χ2n) is 8.82. The molecule has 1 N–H and O–H groups in total. The van der Waals surface area contributed by atoms with Crippen LogP contribution in [0.15, 0.2) is 36.4 Å². The highest BCUT2D eigenvalue weighted by molar-refractivity contribution is 7.89. The summed E-state index contributed by atoms with van der Waals surface area (Å²) in [7, 11) is -3.07. The van der Waals surface area contributed by atoms with Gasteiger partial charge in [-0.15, -0.1) is 0 Å². The molecule has 0 unspecified atom stereocenters. The van der Waals surface area contributed by atoms with Crippen molar-refractivity contribution in [3.05, 3.63) is 64.2 Å². The fourth-order valence-corrected chi connectivity index (χ4v) is 5.31. The molecule has 1 fully saturated rings. The van der Waals surface area contributed by atoms with Gasteiger partial charge in [0.15, 0.2) is 18.2 Å². The van der Waals surface area contributed by atoms with Crippen molar-refractivity contribution in [1.82, 2.24) is 14.5 Å². The average molecular weight is 560 g/mol. The highest BCUT2D eigenvalue weighted by atomic mass is 35.5. The van der Waals surface area contributed by atoms with Crippen LogP contribution in [0.2, 0.25) is 5.02 Å². The fraction of sp³-hybridized carbons (Fsp3) is 0.417. The van der Waals surface area contributed by atoms with E-state index in [1.807, 2.05) is 13.8 Å². The maximum atomic E-state index is 13.6. The van der Waals surface area contributed by atoms with Gasteiger partial charge >= 0.3 is 6.09 Å². The first-order valence-corrected chi connectivity index (χ1v) is 13.4. The Labute approximate surface area is 219 Å². The molecule has 202 valence electrons. The predicted octanol–water partition coefficient (Wildman–Crippen LogP) is 3.30. The number of benzene rings is 2.